The Balaban J connectivity index is 1.89. The van der Waals surface area contributed by atoms with Crippen molar-refractivity contribution in [3.63, 3.8) is 0 Å². The van der Waals surface area contributed by atoms with Crippen molar-refractivity contribution in [2.45, 2.75) is 11.8 Å². The van der Waals surface area contributed by atoms with E-state index in [0.29, 0.717) is 17.0 Å². The van der Waals surface area contributed by atoms with Crippen LogP contribution < -0.4 is 23.9 Å². The summed E-state index contributed by atoms with van der Waals surface area (Å²) in [7, 11) is 0.0745. The van der Waals surface area contributed by atoms with Gasteiger partial charge in [0.2, 0.25) is 0 Å². The van der Waals surface area contributed by atoms with Gasteiger partial charge in [0.25, 0.3) is 15.9 Å². The SMILES string of the molecule is COc1ccc(S(=O)(=O)N(CC(=O)N/N=C\c2cccc(OC)c2O)c2ccc(C)cc2)cc1OC. The predicted molar refractivity (Wildman–Crippen MR) is 136 cm³/mol. The van der Waals surface area contributed by atoms with Gasteiger partial charge in [-0.1, -0.05) is 23.8 Å². The maximum atomic E-state index is 13.6. The lowest BCUT2D eigenvalue weighted by Gasteiger charge is -2.24. The van der Waals surface area contributed by atoms with E-state index >= 15 is 0 Å². The monoisotopic (exact) mass is 513 g/mol. The minimum absolute atomic E-state index is 0.0849. The molecule has 0 radical (unpaired) electrons. The van der Waals surface area contributed by atoms with Crippen LogP contribution in [0.15, 0.2) is 70.7 Å². The van der Waals surface area contributed by atoms with E-state index in [1.54, 1.807) is 42.5 Å². The molecule has 36 heavy (non-hydrogen) atoms. The molecule has 3 aromatic rings. The topological polar surface area (TPSA) is 127 Å². The van der Waals surface area contributed by atoms with Crippen molar-refractivity contribution >= 4 is 27.8 Å². The third kappa shape index (κ3) is 5.87. The molecule has 190 valence electrons. The summed E-state index contributed by atoms with van der Waals surface area (Å²) in [5.74, 6) is 0.00574. The van der Waals surface area contributed by atoms with Crippen LogP contribution in [0.1, 0.15) is 11.1 Å². The number of nitrogens with zero attached hydrogens (tertiary/aromatic N) is 2. The molecule has 0 aliphatic heterocycles. The van der Waals surface area contributed by atoms with Gasteiger partial charge in [-0.3, -0.25) is 9.10 Å². The van der Waals surface area contributed by atoms with Gasteiger partial charge in [0, 0.05) is 11.6 Å². The molecule has 0 bridgehead atoms. The van der Waals surface area contributed by atoms with Crippen molar-refractivity contribution in [2.75, 3.05) is 32.2 Å². The van der Waals surface area contributed by atoms with E-state index in [1.165, 1.54) is 45.7 Å². The fourth-order valence-corrected chi connectivity index (χ4v) is 4.72. The number of hydrogen-bond acceptors (Lipinski definition) is 8. The van der Waals surface area contributed by atoms with E-state index < -0.39 is 22.5 Å². The van der Waals surface area contributed by atoms with Crippen LogP contribution in [0, 0.1) is 6.92 Å². The molecule has 0 heterocycles. The summed E-state index contributed by atoms with van der Waals surface area (Å²) in [5.41, 5.74) is 3.82. The molecule has 0 spiro atoms. The molecule has 3 rings (SSSR count). The second-order valence-electron chi connectivity index (χ2n) is 7.56. The Kier molecular flexibility index (Phi) is 8.38. The first-order valence-electron chi connectivity index (χ1n) is 10.7. The Morgan fingerprint density at radius 1 is 0.972 bits per heavy atom. The van der Waals surface area contributed by atoms with Crippen LogP contribution in [-0.2, 0) is 14.8 Å². The van der Waals surface area contributed by atoms with E-state index in [0.717, 1.165) is 9.87 Å². The molecule has 1 amide bonds. The van der Waals surface area contributed by atoms with E-state index in [1.807, 2.05) is 6.92 Å². The molecule has 0 aromatic heterocycles. The number of sulfonamides is 1. The van der Waals surface area contributed by atoms with Gasteiger partial charge in [-0.05, 0) is 43.3 Å². The molecule has 0 unspecified atom stereocenters. The normalized spacial score (nSPS) is 11.2. The molecule has 2 N–H and O–H groups in total. The summed E-state index contributed by atoms with van der Waals surface area (Å²) in [6.45, 7) is 1.31. The standard InChI is InChI=1S/C25H27N3O7S/c1-17-8-10-19(11-9-17)28(36(31,32)20-12-13-21(33-2)23(14-20)35-4)16-24(29)27-26-15-18-6-5-7-22(34-3)25(18)30/h5-15,30H,16H2,1-4H3,(H,27,29)/b26-15-. The Morgan fingerprint density at radius 3 is 2.28 bits per heavy atom. The third-order valence-electron chi connectivity index (χ3n) is 5.20. The van der Waals surface area contributed by atoms with Crippen molar-refractivity contribution in [3.8, 4) is 23.0 Å². The van der Waals surface area contributed by atoms with Gasteiger partial charge in [0.1, 0.15) is 6.54 Å². The number of rotatable bonds is 10. The highest BCUT2D eigenvalue weighted by Gasteiger charge is 2.28. The van der Waals surface area contributed by atoms with Crippen LogP contribution in [0.25, 0.3) is 0 Å². The van der Waals surface area contributed by atoms with E-state index in [2.05, 4.69) is 10.5 Å². The summed E-state index contributed by atoms with van der Waals surface area (Å²) >= 11 is 0. The van der Waals surface area contributed by atoms with Gasteiger partial charge < -0.3 is 19.3 Å². The zero-order chi connectivity index (χ0) is 26.3. The number of benzene rings is 3. The van der Waals surface area contributed by atoms with Gasteiger partial charge in [-0.25, -0.2) is 13.8 Å². The highest BCUT2D eigenvalue weighted by molar-refractivity contribution is 7.92. The molecule has 0 fully saturated rings. The summed E-state index contributed by atoms with van der Waals surface area (Å²) in [6.07, 6.45) is 1.23. The number of amides is 1. The van der Waals surface area contributed by atoms with Gasteiger partial charge in [0.05, 0.1) is 38.1 Å². The number of hydrazone groups is 1. The lowest BCUT2D eigenvalue weighted by Crippen LogP contribution is -2.39. The number of phenols is 1. The number of anilines is 1. The average molecular weight is 514 g/mol. The number of ether oxygens (including phenoxy) is 3. The highest BCUT2D eigenvalue weighted by atomic mass is 32.2. The largest absolute Gasteiger partial charge is 0.504 e. The first kappa shape index (κ1) is 26.4. The highest BCUT2D eigenvalue weighted by Crippen LogP contribution is 2.32. The minimum Gasteiger partial charge on any atom is -0.504 e. The third-order valence-corrected chi connectivity index (χ3v) is 6.97. The number of carbonyl (C=O) groups is 1. The van der Waals surface area contributed by atoms with Crippen molar-refractivity contribution in [2.24, 2.45) is 5.10 Å². The number of phenolic OH excluding ortho intramolecular Hbond substituents is 1. The molecule has 3 aromatic carbocycles. The predicted octanol–water partition coefficient (Wildman–Crippen LogP) is 3.07. The molecule has 0 saturated heterocycles. The van der Waals surface area contributed by atoms with Crippen LogP contribution in [0.3, 0.4) is 0 Å². The maximum Gasteiger partial charge on any atom is 0.264 e. The van der Waals surface area contributed by atoms with Crippen LogP contribution >= 0.6 is 0 Å². The maximum absolute atomic E-state index is 13.6. The van der Waals surface area contributed by atoms with E-state index in [-0.39, 0.29) is 22.1 Å². The average Bonchev–Trinajstić information content (AvgIpc) is 2.88. The van der Waals surface area contributed by atoms with Gasteiger partial charge >= 0.3 is 0 Å². The Labute approximate surface area is 209 Å². The van der Waals surface area contributed by atoms with E-state index in [9.17, 15) is 18.3 Å². The second kappa shape index (κ2) is 11.5. The van der Waals surface area contributed by atoms with Crippen molar-refractivity contribution in [1.29, 1.82) is 0 Å². The van der Waals surface area contributed by atoms with Crippen molar-refractivity contribution in [1.82, 2.24) is 5.43 Å². The molecular weight excluding hydrogens is 486 g/mol. The first-order valence-corrected chi connectivity index (χ1v) is 12.1. The zero-order valence-corrected chi connectivity index (χ0v) is 21.1. The summed E-state index contributed by atoms with van der Waals surface area (Å²) in [4.78, 5) is 12.6. The van der Waals surface area contributed by atoms with Gasteiger partial charge in [-0.15, -0.1) is 0 Å². The van der Waals surface area contributed by atoms with Crippen LogP contribution in [-0.4, -0.2) is 53.5 Å². The van der Waals surface area contributed by atoms with Crippen LogP contribution in [0.2, 0.25) is 0 Å². The van der Waals surface area contributed by atoms with Crippen LogP contribution in [0.5, 0.6) is 23.0 Å². The van der Waals surface area contributed by atoms with Gasteiger partial charge in [-0.2, -0.15) is 5.10 Å². The lowest BCUT2D eigenvalue weighted by molar-refractivity contribution is -0.119. The number of aromatic hydroxyl groups is 1. The number of aryl methyl sites for hydroxylation is 1. The number of methoxy groups -OCH3 is 3. The number of nitrogens with one attached hydrogen (secondary N) is 1. The molecule has 0 atom stereocenters. The zero-order valence-electron chi connectivity index (χ0n) is 20.3. The smallest absolute Gasteiger partial charge is 0.264 e. The first-order chi connectivity index (χ1) is 17.2. The van der Waals surface area contributed by atoms with Crippen LogP contribution in [0.4, 0.5) is 5.69 Å². The number of para-hydroxylation sites is 1. The van der Waals surface area contributed by atoms with Crippen molar-refractivity contribution < 1.29 is 32.5 Å². The second-order valence-corrected chi connectivity index (χ2v) is 9.42. The molecule has 0 aliphatic carbocycles. The molecule has 0 saturated carbocycles. The lowest BCUT2D eigenvalue weighted by atomic mass is 10.2. The fourth-order valence-electron chi connectivity index (χ4n) is 3.28. The molecular formula is C25H27N3O7S. The van der Waals surface area contributed by atoms with Gasteiger partial charge in [0.15, 0.2) is 23.0 Å². The summed E-state index contributed by atoms with van der Waals surface area (Å²) in [6, 6.07) is 15.7. The molecule has 11 heteroatoms. The number of hydrogen-bond donors (Lipinski definition) is 2. The molecule has 10 nitrogen and oxygen atoms in total. The Hall–Kier alpha value is -4.25. The summed E-state index contributed by atoms with van der Waals surface area (Å²) in [5, 5.41) is 14.0. The summed E-state index contributed by atoms with van der Waals surface area (Å²) < 4.78 is 43.6. The fraction of sp³-hybridized carbons (Fsp3) is 0.200. The minimum atomic E-state index is -4.18. The van der Waals surface area contributed by atoms with E-state index in [4.69, 9.17) is 14.2 Å². The quantitative estimate of drug-likeness (QED) is 0.315. The Morgan fingerprint density at radius 2 is 1.64 bits per heavy atom. The van der Waals surface area contributed by atoms with Crippen molar-refractivity contribution in [3.05, 3.63) is 71.8 Å². The Bertz CT molecular complexity index is 1360. The molecule has 0 aliphatic rings. The number of carbonyl (C=O) groups excluding carboxylic acids is 1.